The van der Waals surface area contributed by atoms with Crippen molar-refractivity contribution in [2.75, 3.05) is 0 Å². The number of carbonyl (C=O) groups is 1. The molecule has 0 heterocycles. The van der Waals surface area contributed by atoms with Gasteiger partial charge in [0.15, 0.2) is 0 Å². The SMILES string of the molecule is O=C(O)[C@@H]1CC[C@H](NS(=O)(=O)c2ccc(Cl)c(Cl)c2)C1. The topological polar surface area (TPSA) is 83.5 Å². The zero-order valence-corrected chi connectivity index (χ0v) is 12.7. The molecule has 1 aliphatic rings. The maximum Gasteiger partial charge on any atom is 0.306 e. The minimum atomic E-state index is -3.72. The number of halogens is 2. The third-order valence-corrected chi connectivity index (χ3v) is 5.56. The molecule has 0 radical (unpaired) electrons. The predicted molar refractivity (Wildman–Crippen MR) is 75.5 cm³/mol. The first kappa shape index (κ1) is 15.6. The third kappa shape index (κ3) is 3.44. The first-order valence-electron chi connectivity index (χ1n) is 6.00. The summed E-state index contributed by atoms with van der Waals surface area (Å²) in [4.78, 5) is 10.9. The quantitative estimate of drug-likeness (QED) is 0.884. The summed E-state index contributed by atoms with van der Waals surface area (Å²) in [5, 5.41) is 9.34. The van der Waals surface area contributed by atoms with Gasteiger partial charge in [-0.2, -0.15) is 0 Å². The number of benzene rings is 1. The minimum absolute atomic E-state index is 0.0191. The molecule has 0 unspecified atom stereocenters. The molecule has 0 bridgehead atoms. The zero-order chi connectivity index (χ0) is 14.9. The van der Waals surface area contributed by atoms with Gasteiger partial charge in [0, 0.05) is 6.04 Å². The predicted octanol–water partition coefficient (Wildman–Crippen LogP) is 2.53. The molecule has 1 aromatic carbocycles. The van der Waals surface area contributed by atoms with Gasteiger partial charge in [-0.1, -0.05) is 23.2 Å². The van der Waals surface area contributed by atoms with Crippen molar-refractivity contribution < 1.29 is 18.3 Å². The molecule has 110 valence electrons. The van der Waals surface area contributed by atoms with Crippen molar-refractivity contribution >= 4 is 39.2 Å². The molecule has 2 N–H and O–H groups in total. The molecular weight excluding hydrogens is 325 g/mol. The van der Waals surface area contributed by atoms with Crippen LogP contribution in [0.4, 0.5) is 0 Å². The van der Waals surface area contributed by atoms with Gasteiger partial charge < -0.3 is 5.11 Å². The van der Waals surface area contributed by atoms with Crippen LogP contribution in [0.25, 0.3) is 0 Å². The van der Waals surface area contributed by atoms with E-state index in [-0.39, 0.29) is 21.0 Å². The molecule has 5 nitrogen and oxygen atoms in total. The van der Waals surface area contributed by atoms with E-state index >= 15 is 0 Å². The highest BCUT2D eigenvalue weighted by molar-refractivity contribution is 7.89. The minimum Gasteiger partial charge on any atom is -0.481 e. The van der Waals surface area contributed by atoms with Gasteiger partial charge in [0.1, 0.15) is 0 Å². The van der Waals surface area contributed by atoms with Crippen molar-refractivity contribution in [3.8, 4) is 0 Å². The Morgan fingerprint density at radius 1 is 1.25 bits per heavy atom. The normalized spacial score (nSPS) is 22.9. The van der Waals surface area contributed by atoms with Crippen LogP contribution in [0.2, 0.25) is 10.0 Å². The van der Waals surface area contributed by atoms with Gasteiger partial charge in [0.2, 0.25) is 10.0 Å². The summed E-state index contributed by atoms with van der Waals surface area (Å²) in [5.74, 6) is -1.38. The first-order chi connectivity index (χ1) is 9.29. The summed E-state index contributed by atoms with van der Waals surface area (Å²) >= 11 is 11.5. The van der Waals surface area contributed by atoms with Crippen LogP contribution in [0.5, 0.6) is 0 Å². The Morgan fingerprint density at radius 3 is 2.50 bits per heavy atom. The monoisotopic (exact) mass is 337 g/mol. The van der Waals surface area contributed by atoms with Gasteiger partial charge >= 0.3 is 5.97 Å². The van der Waals surface area contributed by atoms with Crippen LogP contribution in [0, 0.1) is 5.92 Å². The maximum atomic E-state index is 12.2. The lowest BCUT2D eigenvalue weighted by Crippen LogP contribution is -2.33. The average Bonchev–Trinajstić information content (AvgIpc) is 2.80. The van der Waals surface area contributed by atoms with E-state index in [2.05, 4.69) is 4.72 Å². The maximum absolute atomic E-state index is 12.2. The van der Waals surface area contributed by atoms with Gasteiger partial charge in [0.05, 0.1) is 20.9 Å². The number of carboxylic acids is 1. The Balaban J connectivity index is 2.12. The smallest absolute Gasteiger partial charge is 0.306 e. The van der Waals surface area contributed by atoms with E-state index in [4.69, 9.17) is 28.3 Å². The highest BCUT2D eigenvalue weighted by atomic mass is 35.5. The molecule has 0 spiro atoms. The Kier molecular flexibility index (Phi) is 4.59. The average molecular weight is 338 g/mol. The van der Waals surface area contributed by atoms with Gasteiger partial charge in [-0.25, -0.2) is 13.1 Å². The summed E-state index contributed by atoms with van der Waals surface area (Å²) in [6, 6.07) is 3.68. The van der Waals surface area contributed by atoms with Crippen molar-refractivity contribution in [1.29, 1.82) is 0 Å². The fraction of sp³-hybridized carbons (Fsp3) is 0.417. The molecule has 8 heteroatoms. The molecule has 2 atom stereocenters. The Hall–Kier alpha value is -0.820. The second kappa shape index (κ2) is 5.89. The largest absolute Gasteiger partial charge is 0.481 e. The van der Waals surface area contributed by atoms with E-state index in [0.29, 0.717) is 19.3 Å². The number of hydrogen-bond acceptors (Lipinski definition) is 3. The van der Waals surface area contributed by atoms with Gasteiger partial charge in [-0.3, -0.25) is 4.79 Å². The van der Waals surface area contributed by atoms with Crippen LogP contribution >= 0.6 is 23.2 Å². The van der Waals surface area contributed by atoms with Crippen LogP contribution in [-0.2, 0) is 14.8 Å². The molecule has 1 aliphatic carbocycles. The fourth-order valence-electron chi connectivity index (χ4n) is 2.24. The molecule has 1 fully saturated rings. The van der Waals surface area contributed by atoms with Gasteiger partial charge in [0.25, 0.3) is 0 Å². The van der Waals surface area contributed by atoms with E-state index < -0.39 is 21.9 Å². The first-order valence-corrected chi connectivity index (χ1v) is 8.23. The summed E-state index contributed by atoms with van der Waals surface area (Å²) in [5.41, 5.74) is 0. The van der Waals surface area contributed by atoms with Crippen molar-refractivity contribution in [2.45, 2.75) is 30.2 Å². The van der Waals surface area contributed by atoms with Crippen LogP contribution < -0.4 is 4.72 Å². The number of nitrogens with one attached hydrogen (secondary N) is 1. The van der Waals surface area contributed by atoms with Crippen molar-refractivity contribution in [1.82, 2.24) is 4.72 Å². The van der Waals surface area contributed by atoms with E-state index in [1.54, 1.807) is 0 Å². The van der Waals surface area contributed by atoms with Crippen LogP contribution in [-0.4, -0.2) is 25.5 Å². The van der Waals surface area contributed by atoms with E-state index in [0.717, 1.165) is 0 Å². The molecule has 0 aromatic heterocycles. The van der Waals surface area contributed by atoms with Crippen molar-refractivity contribution in [2.24, 2.45) is 5.92 Å². The Bertz CT molecular complexity index is 632. The third-order valence-electron chi connectivity index (χ3n) is 3.31. The molecule has 2 rings (SSSR count). The molecule has 0 amide bonds. The molecule has 20 heavy (non-hydrogen) atoms. The second-order valence-corrected chi connectivity index (χ2v) is 7.27. The van der Waals surface area contributed by atoms with E-state index in [1.165, 1.54) is 18.2 Å². The van der Waals surface area contributed by atoms with Crippen LogP contribution in [0.3, 0.4) is 0 Å². The van der Waals surface area contributed by atoms with Crippen LogP contribution in [0.15, 0.2) is 23.1 Å². The molecule has 1 aromatic rings. The second-order valence-electron chi connectivity index (χ2n) is 4.74. The van der Waals surface area contributed by atoms with E-state index in [1.807, 2.05) is 0 Å². The van der Waals surface area contributed by atoms with Crippen molar-refractivity contribution in [3.05, 3.63) is 28.2 Å². The Morgan fingerprint density at radius 2 is 1.95 bits per heavy atom. The lowest BCUT2D eigenvalue weighted by molar-refractivity contribution is -0.141. The summed E-state index contributed by atoms with van der Waals surface area (Å²) in [6.07, 6.45) is 1.29. The fourth-order valence-corrected chi connectivity index (χ4v) is 3.92. The highest BCUT2D eigenvalue weighted by Gasteiger charge is 2.32. The Labute approximate surface area is 126 Å². The number of sulfonamides is 1. The highest BCUT2D eigenvalue weighted by Crippen LogP contribution is 2.28. The standard InChI is InChI=1S/C12H13Cl2NO4S/c13-10-4-3-9(6-11(10)14)20(18,19)15-8-2-1-7(5-8)12(16)17/h3-4,6-8,15H,1-2,5H2,(H,16,17)/t7-,8+/m1/s1. The zero-order valence-electron chi connectivity index (χ0n) is 10.3. The van der Waals surface area contributed by atoms with Gasteiger partial charge in [-0.05, 0) is 37.5 Å². The summed E-state index contributed by atoms with van der Waals surface area (Å²) < 4.78 is 26.8. The molecule has 0 saturated heterocycles. The molecule has 0 aliphatic heterocycles. The lowest BCUT2D eigenvalue weighted by Gasteiger charge is -2.13. The number of hydrogen-bond donors (Lipinski definition) is 2. The number of rotatable bonds is 4. The number of carboxylic acid groups (broad SMARTS) is 1. The van der Waals surface area contributed by atoms with Crippen LogP contribution in [0.1, 0.15) is 19.3 Å². The summed E-state index contributed by atoms with van der Waals surface area (Å²) in [6.45, 7) is 0. The summed E-state index contributed by atoms with van der Waals surface area (Å²) in [7, 11) is -3.72. The van der Waals surface area contributed by atoms with Crippen molar-refractivity contribution in [3.63, 3.8) is 0 Å². The molecular formula is C12H13Cl2NO4S. The number of aliphatic carboxylic acids is 1. The molecule has 1 saturated carbocycles. The van der Waals surface area contributed by atoms with Gasteiger partial charge in [-0.15, -0.1) is 0 Å². The lowest BCUT2D eigenvalue weighted by atomic mass is 10.1. The van der Waals surface area contributed by atoms with E-state index in [9.17, 15) is 13.2 Å².